The van der Waals surface area contributed by atoms with Crippen molar-refractivity contribution in [3.63, 3.8) is 0 Å². The summed E-state index contributed by atoms with van der Waals surface area (Å²) < 4.78 is 4.54. The number of hydrogen-bond donors (Lipinski definition) is 1. The Labute approximate surface area is 73.5 Å². The van der Waals surface area contributed by atoms with Crippen molar-refractivity contribution >= 4 is 17.6 Å². The maximum absolute atomic E-state index is 11.0. The highest BCUT2D eigenvalue weighted by Gasteiger charge is 2.29. The first kappa shape index (κ1) is 7.58. The Kier molecular flexibility index (Phi) is 1.56. The van der Waals surface area contributed by atoms with E-state index in [0.717, 1.165) is 0 Å². The van der Waals surface area contributed by atoms with Gasteiger partial charge in [-0.1, -0.05) is 11.6 Å². The fourth-order valence-corrected chi connectivity index (χ4v) is 1.33. The van der Waals surface area contributed by atoms with Crippen molar-refractivity contribution in [1.82, 2.24) is 0 Å². The second kappa shape index (κ2) is 2.47. The number of hydrogen-bond acceptors (Lipinski definition) is 3. The van der Waals surface area contributed by atoms with Gasteiger partial charge in [-0.3, -0.25) is 0 Å². The fourth-order valence-electron chi connectivity index (χ4n) is 1.15. The van der Waals surface area contributed by atoms with Gasteiger partial charge in [0.25, 0.3) is 0 Å². The molecule has 0 saturated heterocycles. The van der Waals surface area contributed by atoms with E-state index in [1.165, 1.54) is 12.1 Å². The van der Waals surface area contributed by atoms with Gasteiger partial charge in [-0.25, -0.2) is 4.79 Å². The molecule has 0 aromatic heterocycles. The van der Waals surface area contributed by atoms with Crippen LogP contribution in [0.15, 0.2) is 18.2 Å². The summed E-state index contributed by atoms with van der Waals surface area (Å²) >= 11 is 5.66. The van der Waals surface area contributed by atoms with Crippen molar-refractivity contribution in [3.05, 3.63) is 34.3 Å². The quantitative estimate of drug-likeness (QED) is 0.622. The van der Waals surface area contributed by atoms with Crippen molar-refractivity contribution in [3.8, 4) is 0 Å². The van der Waals surface area contributed by atoms with E-state index < -0.39 is 12.3 Å². The summed E-state index contributed by atoms with van der Waals surface area (Å²) in [6, 6.07) is 4.64. The molecule has 62 valence electrons. The van der Waals surface area contributed by atoms with Gasteiger partial charge in [0, 0.05) is 10.6 Å². The van der Waals surface area contributed by atoms with E-state index in [1.807, 2.05) is 0 Å². The van der Waals surface area contributed by atoms with Crippen LogP contribution in [0.4, 0.5) is 0 Å². The lowest BCUT2D eigenvalue weighted by atomic mass is 10.1. The smallest absolute Gasteiger partial charge is 0.341 e. The third-order valence-electron chi connectivity index (χ3n) is 1.72. The number of aliphatic hydroxyl groups excluding tert-OH is 1. The van der Waals surface area contributed by atoms with Crippen molar-refractivity contribution in [2.75, 3.05) is 0 Å². The number of halogens is 1. The molecule has 0 radical (unpaired) electrons. The normalized spacial score (nSPS) is 20.5. The molecule has 2 rings (SSSR count). The van der Waals surface area contributed by atoms with Gasteiger partial charge in [0.05, 0.1) is 5.56 Å². The molecule has 1 atom stereocenters. The van der Waals surface area contributed by atoms with Gasteiger partial charge in [0.1, 0.15) is 0 Å². The van der Waals surface area contributed by atoms with E-state index in [2.05, 4.69) is 4.74 Å². The van der Waals surface area contributed by atoms with Crippen LogP contribution in [0.5, 0.6) is 0 Å². The zero-order chi connectivity index (χ0) is 8.72. The Morgan fingerprint density at radius 2 is 2.25 bits per heavy atom. The molecule has 0 aliphatic carbocycles. The SMILES string of the molecule is O=C1O[C@H](O)c2cc(Cl)ccc21. The van der Waals surface area contributed by atoms with Crippen LogP contribution in [0.25, 0.3) is 0 Å². The topological polar surface area (TPSA) is 46.5 Å². The summed E-state index contributed by atoms with van der Waals surface area (Å²) in [7, 11) is 0. The lowest BCUT2D eigenvalue weighted by Gasteiger charge is -2.00. The number of carbonyl (C=O) groups is 1. The number of cyclic esters (lactones) is 1. The molecule has 1 aromatic rings. The largest absolute Gasteiger partial charge is 0.428 e. The highest BCUT2D eigenvalue weighted by molar-refractivity contribution is 6.30. The van der Waals surface area contributed by atoms with Gasteiger partial charge in [-0.15, -0.1) is 0 Å². The minimum atomic E-state index is -1.16. The van der Waals surface area contributed by atoms with Gasteiger partial charge < -0.3 is 9.84 Å². The van der Waals surface area contributed by atoms with Crippen LogP contribution in [-0.2, 0) is 4.74 Å². The van der Waals surface area contributed by atoms with Crippen LogP contribution in [0.1, 0.15) is 22.2 Å². The van der Waals surface area contributed by atoms with Crippen LogP contribution in [0, 0.1) is 0 Å². The number of carbonyl (C=O) groups excluding carboxylic acids is 1. The number of benzene rings is 1. The Hall–Kier alpha value is -1.06. The lowest BCUT2D eigenvalue weighted by Crippen LogP contribution is -1.95. The third kappa shape index (κ3) is 0.983. The first-order chi connectivity index (χ1) is 5.68. The number of aliphatic hydroxyl groups is 1. The molecule has 1 aliphatic rings. The summed E-state index contributed by atoms with van der Waals surface area (Å²) in [5.74, 6) is -0.505. The van der Waals surface area contributed by atoms with Crippen LogP contribution < -0.4 is 0 Å². The molecular formula is C8H5ClO3. The molecule has 0 bridgehead atoms. The van der Waals surface area contributed by atoms with E-state index in [0.29, 0.717) is 16.1 Å². The van der Waals surface area contributed by atoms with E-state index in [9.17, 15) is 9.90 Å². The lowest BCUT2D eigenvalue weighted by molar-refractivity contribution is -0.0547. The molecule has 0 amide bonds. The average molecular weight is 185 g/mol. The zero-order valence-electron chi connectivity index (χ0n) is 5.95. The zero-order valence-corrected chi connectivity index (χ0v) is 6.71. The maximum atomic E-state index is 11.0. The molecular weight excluding hydrogens is 180 g/mol. The summed E-state index contributed by atoms with van der Waals surface area (Å²) in [5.41, 5.74) is 0.819. The molecule has 0 spiro atoms. The first-order valence-electron chi connectivity index (χ1n) is 3.37. The number of rotatable bonds is 0. The van der Waals surface area contributed by atoms with E-state index in [1.54, 1.807) is 6.07 Å². The number of esters is 1. The minimum absolute atomic E-state index is 0.381. The highest BCUT2D eigenvalue weighted by atomic mass is 35.5. The Balaban J connectivity index is 2.60. The highest BCUT2D eigenvalue weighted by Crippen LogP contribution is 2.30. The summed E-state index contributed by atoms with van der Waals surface area (Å²) in [6.07, 6.45) is -1.16. The number of fused-ring (bicyclic) bond motifs is 1. The van der Waals surface area contributed by atoms with Crippen molar-refractivity contribution in [1.29, 1.82) is 0 Å². The van der Waals surface area contributed by atoms with E-state index >= 15 is 0 Å². The van der Waals surface area contributed by atoms with Crippen LogP contribution in [0.3, 0.4) is 0 Å². The fraction of sp³-hybridized carbons (Fsp3) is 0.125. The molecule has 4 heteroatoms. The predicted molar refractivity (Wildman–Crippen MR) is 41.8 cm³/mol. The average Bonchev–Trinajstić information content (AvgIpc) is 2.28. The molecule has 12 heavy (non-hydrogen) atoms. The first-order valence-corrected chi connectivity index (χ1v) is 3.75. The van der Waals surface area contributed by atoms with E-state index in [-0.39, 0.29) is 0 Å². The molecule has 1 aliphatic heterocycles. The maximum Gasteiger partial charge on any atom is 0.341 e. The molecule has 0 fully saturated rings. The Morgan fingerprint density at radius 3 is 3.00 bits per heavy atom. The molecule has 0 unspecified atom stereocenters. The molecule has 1 heterocycles. The second-order valence-electron chi connectivity index (χ2n) is 2.49. The molecule has 3 nitrogen and oxygen atoms in total. The molecule has 1 aromatic carbocycles. The third-order valence-corrected chi connectivity index (χ3v) is 1.95. The van der Waals surface area contributed by atoms with Crippen LogP contribution in [0.2, 0.25) is 5.02 Å². The van der Waals surface area contributed by atoms with Gasteiger partial charge in [-0.05, 0) is 18.2 Å². The van der Waals surface area contributed by atoms with Gasteiger partial charge in [0.2, 0.25) is 6.29 Å². The van der Waals surface area contributed by atoms with Crippen molar-refractivity contribution in [2.24, 2.45) is 0 Å². The molecule has 0 saturated carbocycles. The second-order valence-corrected chi connectivity index (χ2v) is 2.93. The standard InChI is InChI=1S/C8H5ClO3/c9-4-1-2-5-6(3-4)8(11)12-7(5)10/h1-3,8,11H/t8-/m0/s1. The van der Waals surface area contributed by atoms with Crippen molar-refractivity contribution < 1.29 is 14.6 Å². The van der Waals surface area contributed by atoms with Gasteiger partial charge in [-0.2, -0.15) is 0 Å². The monoisotopic (exact) mass is 184 g/mol. The summed E-state index contributed by atoms with van der Waals surface area (Å²) in [4.78, 5) is 11.0. The van der Waals surface area contributed by atoms with Crippen LogP contribution in [-0.4, -0.2) is 11.1 Å². The summed E-state index contributed by atoms with van der Waals surface area (Å²) in [6.45, 7) is 0. The van der Waals surface area contributed by atoms with Gasteiger partial charge >= 0.3 is 5.97 Å². The van der Waals surface area contributed by atoms with Crippen LogP contribution >= 0.6 is 11.6 Å². The predicted octanol–water partition coefficient (Wildman–Crippen LogP) is 1.50. The minimum Gasteiger partial charge on any atom is -0.428 e. The van der Waals surface area contributed by atoms with Gasteiger partial charge in [0.15, 0.2) is 0 Å². The van der Waals surface area contributed by atoms with E-state index in [4.69, 9.17) is 11.6 Å². The Morgan fingerprint density at radius 1 is 1.50 bits per heavy atom. The summed E-state index contributed by atoms with van der Waals surface area (Å²) in [5, 5.41) is 9.65. The number of ether oxygens (including phenoxy) is 1. The molecule has 1 N–H and O–H groups in total. The van der Waals surface area contributed by atoms with Crippen molar-refractivity contribution in [2.45, 2.75) is 6.29 Å². The Bertz CT molecular complexity index is 348.